The van der Waals surface area contributed by atoms with E-state index in [-0.39, 0.29) is 5.75 Å². The number of nitrogens with zero attached hydrogens (tertiary/aromatic N) is 2. The van der Waals surface area contributed by atoms with Crippen molar-refractivity contribution in [3.05, 3.63) is 82.0 Å². The number of rotatable bonds is 5. The normalized spacial score (nSPS) is 10.2. The van der Waals surface area contributed by atoms with Crippen molar-refractivity contribution in [2.75, 3.05) is 4.90 Å². The largest absolute Gasteiger partial charge is 0.508 e. The van der Waals surface area contributed by atoms with E-state index in [1.807, 2.05) is 36.4 Å². The molecule has 3 aromatic rings. The Kier molecular flexibility index (Phi) is 4.60. The number of hydrogen-bond donors (Lipinski definition) is 1. The van der Waals surface area contributed by atoms with Crippen LogP contribution in [0.1, 0.15) is 16.7 Å². The third kappa shape index (κ3) is 3.91. The molecule has 3 nitrogen and oxygen atoms in total. The van der Waals surface area contributed by atoms with E-state index in [4.69, 9.17) is 5.26 Å². The molecule has 0 aliphatic carbocycles. The third-order valence-corrected chi connectivity index (χ3v) is 4.36. The van der Waals surface area contributed by atoms with Gasteiger partial charge in [0.1, 0.15) is 5.75 Å². The summed E-state index contributed by atoms with van der Waals surface area (Å²) >= 11 is 1.69. The molecule has 0 saturated carbocycles. The fourth-order valence-electron chi connectivity index (χ4n) is 2.41. The van der Waals surface area contributed by atoms with Crippen LogP contribution >= 0.6 is 11.3 Å². The first-order valence-electron chi connectivity index (χ1n) is 7.29. The van der Waals surface area contributed by atoms with Crippen molar-refractivity contribution in [1.82, 2.24) is 0 Å². The molecule has 1 heterocycles. The van der Waals surface area contributed by atoms with E-state index in [0.717, 1.165) is 24.3 Å². The van der Waals surface area contributed by atoms with E-state index in [1.165, 1.54) is 5.56 Å². The molecule has 0 saturated heterocycles. The lowest BCUT2D eigenvalue weighted by Crippen LogP contribution is -2.21. The summed E-state index contributed by atoms with van der Waals surface area (Å²) < 4.78 is 0. The molecule has 4 heteroatoms. The average molecular weight is 320 g/mol. The molecule has 0 radical (unpaired) electrons. The monoisotopic (exact) mass is 320 g/mol. The molecule has 1 N–H and O–H groups in total. The Morgan fingerprint density at radius 1 is 0.913 bits per heavy atom. The highest BCUT2D eigenvalue weighted by molar-refractivity contribution is 7.07. The SMILES string of the molecule is N#Cc1ccc(N(Cc2ccc(O)cc2)Cc2ccsc2)cc1. The number of aromatic hydroxyl groups is 1. The summed E-state index contributed by atoms with van der Waals surface area (Å²) in [5.74, 6) is 0.275. The molecule has 3 rings (SSSR count). The Bertz CT molecular complexity index is 787. The van der Waals surface area contributed by atoms with Crippen LogP contribution < -0.4 is 4.90 Å². The van der Waals surface area contributed by atoms with Gasteiger partial charge in [0.15, 0.2) is 0 Å². The van der Waals surface area contributed by atoms with Gasteiger partial charge in [-0.3, -0.25) is 0 Å². The Balaban J connectivity index is 1.85. The fraction of sp³-hybridized carbons (Fsp3) is 0.105. The molecule has 0 fully saturated rings. The van der Waals surface area contributed by atoms with E-state index in [2.05, 4.69) is 27.8 Å². The zero-order valence-electron chi connectivity index (χ0n) is 12.5. The minimum Gasteiger partial charge on any atom is -0.508 e. The summed E-state index contributed by atoms with van der Waals surface area (Å²) in [5.41, 5.74) is 4.12. The molecule has 0 bridgehead atoms. The van der Waals surface area contributed by atoms with Crippen molar-refractivity contribution >= 4 is 17.0 Å². The van der Waals surface area contributed by atoms with Crippen LogP contribution in [0.15, 0.2) is 65.4 Å². The number of hydrogen-bond acceptors (Lipinski definition) is 4. The third-order valence-electron chi connectivity index (χ3n) is 3.62. The highest BCUT2D eigenvalue weighted by atomic mass is 32.1. The summed E-state index contributed by atoms with van der Waals surface area (Å²) in [6.07, 6.45) is 0. The number of thiophene rings is 1. The number of phenolic OH excluding ortho intramolecular Hbond substituents is 1. The second-order valence-corrected chi connectivity index (χ2v) is 6.09. The minimum atomic E-state index is 0.275. The Labute approximate surface area is 139 Å². The van der Waals surface area contributed by atoms with E-state index in [1.54, 1.807) is 23.5 Å². The second kappa shape index (κ2) is 6.99. The highest BCUT2D eigenvalue weighted by Gasteiger charge is 2.09. The maximum Gasteiger partial charge on any atom is 0.115 e. The van der Waals surface area contributed by atoms with Gasteiger partial charge in [0.2, 0.25) is 0 Å². The molecule has 114 valence electrons. The van der Waals surface area contributed by atoms with E-state index >= 15 is 0 Å². The predicted octanol–water partition coefficient (Wildman–Crippen LogP) is 4.53. The molecule has 0 unspecified atom stereocenters. The number of benzene rings is 2. The van der Waals surface area contributed by atoms with Crippen molar-refractivity contribution in [3.8, 4) is 11.8 Å². The van der Waals surface area contributed by atoms with Crippen LogP contribution in [-0.4, -0.2) is 5.11 Å². The van der Waals surface area contributed by atoms with Crippen molar-refractivity contribution in [3.63, 3.8) is 0 Å². The van der Waals surface area contributed by atoms with Crippen LogP contribution in [0.2, 0.25) is 0 Å². The Morgan fingerprint density at radius 3 is 2.22 bits per heavy atom. The maximum absolute atomic E-state index is 9.43. The summed E-state index contributed by atoms with van der Waals surface area (Å²) in [5, 5.41) is 22.6. The van der Waals surface area contributed by atoms with Gasteiger partial charge in [-0.2, -0.15) is 16.6 Å². The molecule has 1 aromatic heterocycles. The van der Waals surface area contributed by atoms with Crippen LogP contribution in [0.5, 0.6) is 5.75 Å². The Morgan fingerprint density at radius 2 is 1.61 bits per heavy atom. The molecule has 2 aromatic carbocycles. The van der Waals surface area contributed by atoms with E-state index < -0.39 is 0 Å². The van der Waals surface area contributed by atoms with Gasteiger partial charge in [-0.05, 0) is 64.4 Å². The molecule has 0 amide bonds. The second-order valence-electron chi connectivity index (χ2n) is 5.31. The summed E-state index contributed by atoms with van der Waals surface area (Å²) in [4.78, 5) is 2.26. The van der Waals surface area contributed by atoms with E-state index in [9.17, 15) is 5.11 Å². The molecule has 23 heavy (non-hydrogen) atoms. The minimum absolute atomic E-state index is 0.275. The molecule has 0 atom stereocenters. The van der Waals surface area contributed by atoms with Gasteiger partial charge in [0.05, 0.1) is 11.6 Å². The van der Waals surface area contributed by atoms with Crippen molar-refractivity contribution in [2.24, 2.45) is 0 Å². The van der Waals surface area contributed by atoms with E-state index in [0.29, 0.717) is 5.56 Å². The zero-order chi connectivity index (χ0) is 16.1. The molecular formula is C19H16N2OS. The zero-order valence-corrected chi connectivity index (χ0v) is 13.3. The topological polar surface area (TPSA) is 47.3 Å². The lowest BCUT2D eigenvalue weighted by atomic mass is 10.1. The van der Waals surface area contributed by atoms with Crippen LogP contribution in [0.3, 0.4) is 0 Å². The van der Waals surface area contributed by atoms with Gasteiger partial charge < -0.3 is 10.0 Å². The summed E-state index contributed by atoms with van der Waals surface area (Å²) in [6, 6.07) is 19.2. The quantitative estimate of drug-likeness (QED) is 0.751. The van der Waals surface area contributed by atoms with Gasteiger partial charge in [0.25, 0.3) is 0 Å². The van der Waals surface area contributed by atoms with Gasteiger partial charge in [-0.1, -0.05) is 12.1 Å². The first kappa shape index (κ1) is 15.1. The lowest BCUT2D eigenvalue weighted by Gasteiger charge is -2.25. The first-order chi connectivity index (χ1) is 11.2. The number of nitriles is 1. The maximum atomic E-state index is 9.43. The van der Waals surface area contributed by atoms with Crippen LogP contribution in [0.4, 0.5) is 5.69 Å². The summed E-state index contributed by atoms with van der Waals surface area (Å²) in [7, 11) is 0. The van der Waals surface area contributed by atoms with Crippen molar-refractivity contribution < 1.29 is 5.11 Å². The molecular weight excluding hydrogens is 304 g/mol. The van der Waals surface area contributed by atoms with Gasteiger partial charge in [-0.15, -0.1) is 0 Å². The van der Waals surface area contributed by atoms with Crippen molar-refractivity contribution in [2.45, 2.75) is 13.1 Å². The standard InChI is InChI=1S/C19H16N2OS/c20-11-15-1-5-18(6-2-15)21(13-17-9-10-23-14-17)12-16-3-7-19(22)8-4-16/h1-10,14,22H,12-13H2. The molecule has 0 aliphatic heterocycles. The smallest absolute Gasteiger partial charge is 0.115 e. The number of phenols is 1. The van der Waals surface area contributed by atoms with Gasteiger partial charge in [0, 0.05) is 18.8 Å². The lowest BCUT2D eigenvalue weighted by molar-refractivity contribution is 0.475. The highest BCUT2D eigenvalue weighted by Crippen LogP contribution is 2.22. The van der Waals surface area contributed by atoms with Gasteiger partial charge in [-0.25, -0.2) is 0 Å². The Hall–Kier alpha value is -2.77. The fourth-order valence-corrected chi connectivity index (χ4v) is 3.07. The van der Waals surface area contributed by atoms with Crippen molar-refractivity contribution in [1.29, 1.82) is 5.26 Å². The van der Waals surface area contributed by atoms with Crippen LogP contribution in [-0.2, 0) is 13.1 Å². The predicted molar refractivity (Wildman–Crippen MR) is 93.5 cm³/mol. The van der Waals surface area contributed by atoms with Crippen LogP contribution in [0, 0.1) is 11.3 Å². The molecule has 0 aliphatic rings. The van der Waals surface area contributed by atoms with Crippen LogP contribution in [0.25, 0.3) is 0 Å². The van der Waals surface area contributed by atoms with Gasteiger partial charge >= 0.3 is 0 Å². The number of anilines is 1. The average Bonchev–Trinajstić information content (AvgIpc) is 3.09. The first-order valence-corrected chi connectivity index (χ1v) is 8.23. The summed E-state index contributed by atoms with van der Waals surface area (Å²) in [6.45, 7) is 1.54. The molecule has 0 spiro atoms.